The first kappa shape index (κ1) is 14.5. The molecular formula is C18H19N3O. The second-order valence-corrected chi connectivity index (χ2v) is 5.48. The maximum atomic E-state index is 12.7. The van der Waals surface area contributed by atoms with Crippen LogP contribution < -0.4 is 5.73 Å². The summed E-state index contributed by atoms with van der Waals surface area (Å²) in [5, 5.41) is 7.95. The molecule has 1 heterocycles. The maximum absolute atomic E-state index is 12.7. The van der Waals surface area contributed by atoms with Crippen LogP contribution >= 0.6 is 0 Å². The van der Waals surface area contributed by atoms with E-state index in [0.717, 1.165) is 22.0 Å². The molecule has 0 radical (unpaired) electrons. The average Bonchev–Trinajstić information content (AvgIpc) is 3.01. The number of fused-ring (bicyclic) bond motifs is 1. The minimum Gasteiger partial charge on any atom is -0.330 e. The molecule has 0 fully saturated rings. The van der Waals surface area contributed by atoms with E-state index in [1.54, 1.807) is 6.20 Å². The lowest BCUT2D eigenvalue weighted by Crippen LogP contribution is -2.18. The number of benzene rings is 2. The maximum Gasteiger partial charge on any atom is 0.144 e. The summed E-state index contributed by atoms with van der Waals surface area (Å²) in [7, 11) is 0. The zero-order valence-corrected chi connectivity index (χ0v) is 12.3. The number of H-pyrrole nitrogens is 1. The molecule has 1 unspecified atom stereocenters. The zero-order chi connectivity index (χ0) is 15.4. The van der Waals surface area contributed by atoms with E-state index in [-0.39, 0.29) is 11.7 Å². The number of Topliss-reactive ketones (excluding diaryl/α,β-unsaturated/α-hetero) is 1. The van der Waals surface area contributed by atoms with E-state index in [9.17, 15) is 4.79 Å². The third-order valence-electron chi connectivity index (χ3n) is 3.93. The molecule has 0 aliphatic carbocycles. The van der Waals surface area contributed by atoms with Crippen molar-refractivity contribution in [2.75, 3.05) is 6.54 Å². The second-order valence-electron chi connectivity index (χ2n) is 5.48. The molecular weight excluding hydrogens is 274 g/mol. The first-order valence-electron chi connectivity index (χ1n) is 7.47. The van der Waals surface area contributed by atoms with Crippen molar-refractivity contribution in [2.45, 2.75) is 18.8 Å². The van der Waals surface area contributed by atoms with Crippen molar-refractivity contribution in [1.82, 2.24) is 10.2 Å². The number of nitrogens with zero attached hydrogens (tertiary/aromatic N) is 1. The Morgan fingerprint density at radius 2 is 2.00 bits per heavy atom. The minimum atomic E-state index is -0.133. The SMILES string of the molecule is NCCC(C(=O)Cc1ccc2[nH]ncc2c1)c1ccccc1. The van der Waals surface area contributed by atoms with Gasteiger partial charge in [0.1, 0.15) is 5.78 Å². The molecule has 3 rings (SSSR count). The van der Waals surface area contributed by atoms with Gasteiger partial charge in [0.25, 0.3) is 0 Å². The van der Waals surface area contributed by atoms with Crippen molar-refractivity contribution in [3.63, 3.8) is 0 Å². The van der Waals surface area contributed by atoms with Gasteiger partial charge in [-0.1, -0.05) is 36.4 Å². The summed E-state index contributed by atoms with van der Waals surface area (Å²) in [4.78, 5) is 12.7. The zero-order valence-electron chi connectivity index (χ0n) is 12.3. The van der Waals surface area contributed by atoms with Crippen LogP contribution in [0, 0.1) is 0 Å². The topological polar surface area (TPSA) is 71.8 Å². The van der Waals surface area contributed by atoms with E-state index in [0.29, 0.717) is 19.4 Å². The van der Waals surface area contributed by atoms with E-state index in [2.05, 4.69) is 10.2 Å². The molecule has 4 heteroatoms. The Balaban J connectivity index is 1.81. The van der Waals surface area contributed by atoms with Crippen LogP contribution in [0.3, 0.4) is 0 Å². The molecule has 0 spiro atoms. The Labute approximate surface area is 129 Å². The van der Waals surface area contributed by atoms with Crippen LogP contribution in [0.1, 0.15) is 23.5 Å². The van der Waals surface area contributed by atoms with Crippen molar-refractivity contribution in [3.05, 3.63) is 65.9 Å². The highest BCUT2D eigenvalue weighted by Gasteiger charge is 2.19. The Hall–Kier alpha value is -2.46. The lowest BCUT2D eigenvalue weighted by molar-refractivity contribution is -0.120. The number of ketones is 1. The van der Waals surface area contributed by atoms with Crippen LogP contribution in [0.25, 0.3) is 10.9 Å². The van der Waals surface area contributed by atoms with Gasteiger partial charge in [-0.25, -0.2) is 0 Å². The van der Waals surface area contributed by atoms with Crippen molar-refractivity contribution >= 4 is 16.7 Å². The summed E-state index contributed by atoms with van der Waals surface area (Å²) >= 11 is 0. The summed E-state index contributed by atoms with van der Waals surface area (Å²) in [5.41, 5.74) is 8.73. The van der Waals surface area contributed by atoms with Gasteiger partial charge in [0.05, 0.1) is 11.7 Å². The fourth-order valence-electron chi connectivity index (χ4n) is 2.79. The number of rotatable bonds is 6. The second kappa shape index (κ2) is 6.54. The molecule has 3 aromatic rings. The first-order chi connectivity index (χ1) is 10.8. The van der Waals surface area contributed by atoms with E-state index in [1.807, 2.05) is 48.5 Å². The summed E-state index contributed by atoms with van der Waals surface area (Å²) in [6, 6.07) is 15.8. The fraction of sp³-hybridized carbons (Fsp3) is 0.222. The quantitative estimate of drug-likeness (QED) is 0.734. The monoisotopic (exact) mass is 293 g/mol. The summed E-state index contributed by atoms with van der Waals surface area (Å²) in [5.74, 6) is 0.0748. The average molecular weight is 293 g/mol. The Morgan fingerprint density at radius 3 is 2.77 bits per heavy atom. The molecule has 1 aromatic heterocycles. The minimum absolute atomic E-state index is 0.133. The smallest absolute Gasteiger partial charge is 0.144 e. The van der Waals surface area contributed by atoms with E-state index in [1.165, 1.54) is 0 Å². The van der Waals surface area contributed by atoms with Crippen molar-refractivity contribution in [1.29, 1.82) is 0 Å². The lowest BCUT2D eigenvalue weighted by Gasteiger charge is -2.15. The fourth-order valence-corrected chi connectivity index (χ4v) is 2.79. The predicted octanol–water partition coefficient (Wildman–Crippen LogP) is 2.81. The van der Waals surface area contributed by atoms with Crippen molar-refractivity contribution in [2.24, 2.45) is 5.73 Å². The molecule has 4 nitrogen and oxygen atoms in total. The molecule has 0 amide bonds. The van der Waals surface area contributed by atoms with E-state index >= 15 is 0 Å². The summed E-state index contributed by atoms with van der Waals surface area (Å²) in [6.07, 6.45) is 2.87. The van der Waals surface area contributed by atoms with E-state index < -0.39 is 0 Å². The molecule has 0 saturated heterocycles. The van der Waals surface area contributed by atoms with Gasteiger partial charge in [0.2, 0.25) is 0 Å². The normalized spacial score (nSPS) is 12.4. The standard InChI is InChI=1S/C18H19N3O/c19-9-8-16(14-4-2-1-3-5-14)18(22)11-13-6-7-17-15(10-13)12-20-21-17/h1-7,10,12,16H,8-9,11,19H2,(H,20,21). The third-order valence-corrected chi connectivity index (χ3v) is 3.93. The number of nitrogens with two attached hydrogens (primary N) is 1. The number of carbonyl (C=O) groups is 1. The molecule has 1 atom stereocenters. The van der Waals surface area contributed by atoms with E-state index in [4.69, 9.17) is 5.73 Å². The summed E-state index contributed by atoms with van der Waals surface area (Å²) < 4.78 is 0. The molecule has 2 aromatic carbocycles. The van der Waals surface area contributed by atoms with Gasteiger partial charge >= 0.3 is 0 Å². The largest absolute Gasteiger partial charge is 0.330 e. The number of carbonyl (C=O) groups excluding carboxylic acids is 1. The highest BCUT2D eigenvalue weighted by atomic mass is 16.1. The number of hydrogen-bond acceptors (Lipinski definition) is 3. The molecule has 22 heavy (non-hydrogen) atoms. The van der Waals surface area contributed by atoms with Gasteiger partial charge in [-0.3, -0.25) is 9.89 Å². The van der Waals surface area contributed by atoms with Crippen LogP contribution in [-0.2, 0) is 11.2 Å². The summed E-state index contributed by atoms with van der Waals surface area (Å²) in [6.45, 7) is 0.506. The van der Waals surface area contributed by atoms with Crippen molar-refractivity contribution in [3.8, 4) is 0 Å². The van der Waals surface area contributed by atoms with Crippen molar-refractivity contribution < 1.29 is 4.79 Å². The molecule has 112 valence electrons. The Kier molecular flexibility index (Phi) is 4.30. The molecule has 0 saturated carbocycles. The van der Waals surface area contributed by atoms with Crippen LogP contribution in [0.5, 0.6) is 0 Å². The van der Waals surface area contributed by atoms with Gasteiger partial charge in [0.15, 0.2) is 0 Å². The molecule has 0 bridgehead atoms. The van der Waals surface area contributed by atoms with Gasteiger partial charge in [-0.05, 0) is 36.2 Å². The van der Waals surface area contributed by atoms with Crippen LogP contribution in [0.15, 0.2) is 54.7 Å². The number of hydrogen-bond donors (Lipinski definition) is 2. The molecule has 3 N–H and O–H groups in total. The van der Waals surface area contributed by atoms with Gasteiger partial charge in [-0.2, -0.15) is 5.10 Å². The molecule has 0 aliphatic rings. The highest BCUT2D eigenvalue weighted by molar-refractivity contribution is 5.89. The van der Waals surface area contributed by atoms with Crippen LogP contribution in [0.2, 0.25) is 0 Å². The number of nitrogens with one attached hydrogen (secondary N) is 1. The lowest BCUT2D eigenvalue weighted by atomic mass is 9.88. The van der Waals surface area contributed by atoms with Crippen LogP contribution in [0.4, 0.5) is 0 Å². The molecule has 0 aliphatic heterocycles. The van der Waals surface area contributed by atoms with Gasteiger partial charge < -0.3 is 5.73 Å². The first-order valence-corrected chi connectivity index (χ1v) is 7.47. The van der Waals surface area contributed by atoms with Gasteiger partial charge in [-0.15, -0.1) is 0 Å². The number of aromatic amines is 1. The van der Waals surface area contributed by atoms with Crippen LogP contribution in [-0.4, -0.2) is 22.5 Å². The third kappa shape index (κ3) is 3.07. The van der Waals surface area contributed by atoms with Gasteiger partial charge in [0, 0.05) is 17.7 Å². The Bertz CT molecular complexity index is 764. The predicted molar refractivity (Wildman–Crippen MR) is 87.7 cm³/mol. The number of aromatic nitrogens is 2. The highest BCUT2D eigenvalue weighted by Crippen LogP contribution is 2.23. The Morgan fingerprint density at radius 1 is 1.18 bits per heavy atom.